The second kappa shape index (κ2) is 2.88. The molecule has 0 atom stereocenters. The van der Waals surface area contributed by atoms with E-state index in [1.807, 2.05) is 0 Å². The summed E-state index contributed by atoms with van der Waals surface area (Å²) in [4.78, 5) is 20.4. The quantitative estimate of drug-likeness (QED) is 0.327. The van der Waals surface area contributed by atoms with Crippen LogP contribution < -0.4 is 0 Å². The van der Waals surface area contributed by atoms with Gasteiger partial charge >= 0.3 is 0 Å². The number of nitrogens with zero attached hydrogens (tertiary/aromatic N) is 2. The van der Waals surface area contributed by atoms with Crippen LogP contribution in [0.1, 0.15) is 12.8 Å². The van der Waals surface area contributed by atoms with Crippen molar-refractivity contribution in [1.82, 2.24) is 0 Å². The Hall–Kier alpha value is -0.770. The van der Waals surface area contributed by atoms with Crippen molar-refractivity contribution in [2.45, 2.75) is 12.8 Å². The molecule has 10 heavy (non-hydrogen) atoms. The van der Waals surface area contributed by atoms with Gasteiger partial charge in [0.2, 0.25) is 0 Å². The third-order valence-corrected chi connectivity index (χ3v) is 1.99. The van der Waals surface area contributed by atoms with Crippen LogP contribution in [0.4, 0.5) is 0 Å². The summed E-state index contributed by atoms with van der Waals surface area (Å²) >= 11 is 0. The molecule has 1 saturated heterocycles. The lowest BCUT2D eigenvalue weighted by Crippen LogP contribution is -2.40. The molecule has 0 aliphatic carbocycles. The Morgan fingerprint density at radius 3 is 2.40 bits per heavy atom. The van der Waals surface area contributed by atoms with E-state index in [1.54, 1.807) is 0 Å². The molecule has 4 heteroatoms. The maximum Gasteiger partial charge on any atom is 0.176 e. The standard InChI is InChI=1S/C6H11N2O2/c9-6-5-8(7-10)3-1-2-4-8/h6H,1-5H2/q+1. The predicted octanol–water partition coefficient (Wildman–Crippen LogP) is 0.477. The van der Waals surface area contributed by atoms with Crippen LogP contribution in [0.15, 0.2) is 5.29 Å². The fraction of sp³-hybridized carbons (Fsp3) is 0.833. The second-order valence-electron chi connectivity index (χ2n) is 2.68. The van der Waals surface area contributed by atoms with Crippen LogP contribution in [0, 0.1) is 4.91 Å². The molecule has 0 N–H and O–H groups in total. The van der Waals surface area contributed by atoms with Gasteiger partial charge in [-0.15, -0.1) is 0 Å². The molecule has 1 rings (SSSR count). The third kappa shape index (κ3) is 1.21. The average molecular weight is 143 g/mol. The molecule has 1 fully saturated rings. The summed E-state index contributed by atoms with van der Waals surface area (Å²) in [6, 6.07) is 0. The molecule has 0 bridgehead atoms. The van der Waals surface area contributed by atoms with Gasteiger partial charge in [-0.25, -0.2) is 0 Å². The Bertz CT molecular complexity index is 141. The lowest BCUT2D eigenvalue weighted by Gasteiger charge is -2.18. The van der Waals surface area contributed by atoms with Crippen LogP contribution in [0.2, 0.25) is 0 Å². The van der Waals surface area contributed by atoms with Gasteiger partial charge in [0.1, 0.15) is 13.1 Å². The fourth-order valence-electron chi connectivity index (χ4n) is 1.36. The first kappa shape index (κ1) is 7.34. The Kier molecular flexibility index (Phi) is 2.11. The molecule has 56 valence electrons. The summed E-state index contributed by atoms with van der Waals surface area (Å²) in [5.41, 5.74) is 0. The van der Waals surface area contributed by atoms with Crippen molar-refractivity contribution in [1.29, 1.82) is 0 Å². The van der Waals surface area contributed by atoms with Gasteiger partial charge in [-0.3, -0.25) is 4.79 Å². The minimum atomic E-state index is 0.115. The number of nitroso groups, excluding NO2 is 1. The van der Waals surface area contributed by atoms with E-state index in [0.717, 1.165) is 32.2 Å². The number of likely N-dealkylation sites (tertiary alicyclic amines) is 1. The minimum absolute atomic E-state index is 0.115. The van der Waals surface area contributed by atoms with Gasteiger partial charge < -0.3 is 0 Å². The summed E-state index contributed by atoms with van der Waals surface area (Å²) in [6.45, 7) is 1.73. The van der Waals surface area contributed by atoms with Crippen molar-refractivity contribution in [2.75, 3.05) is 19.6 Å². The highest BCUT2D eigenvalue weighted by Crippen LogP contribution is 2.18. The van der Waals surface area contributed by atoms with E-state index in [2.05, 4.69) is 5.29 Å². The lowest BCUT2D eigenvalue weighted by atomic mass is 10.4. The number of quaternary nitrogens is 1. The van der Waals surface area contributed by atoms with Crippen LogP contribution in [-0.4, -0.2) is 30.5 Å². The summed E-state index contributed by atoms with van der Waals surface area (Å²) < 4.78 is 0.115. The van der Waals surface area contributed by atoms with Crippen molar-refractivity contribution in [2.24, 2.45) is 5.29 Å². The highest BCUT2D eigenvalue weighted by Gasteiger charge is 2.33. The Morgan fingerprint density at radius 2 is 2.00 bits per heavy atom. The summed E-state index contributed by atoms with van der Waals surface area (Å²) in [5.74, 6) is 0. The Morgan fingerprint density at radius 1 is 1.40 bits per heavy atom. The van der Waals surface area contributed by atoms with Gasteiger partial charge in [-0.05, 0) is 0 Å². The highest BCUT2D eigenvalue weighted by molar-refractivity contribution is 5.50. The Balaban J connectivity index is 2.57. The molecule has 0 aromatic heterocycles. The first-order chi connectivity index (χ1) is 4.83. The molecule has 1 heterocycles. The van der Waals surface area contributed by atoms with Gasteiger partial charge in [0, 0.05) is 12.8 Å². The van der Waals surface area contributed by atoms with Crippen molar-refractivity contribution in [3.8, 4) is 0 Å². The van der Waals surface area contributed by atoms with Crippen LogP contribution >= 0.6 is 0 Å². The average Bonchev–Trinajstić information content (AvgIpc) is 2.39. The number of aldehydes is 1. The zero-order valence-corrected chi connectivity index (χ0v) is 5.82. The molecule has 1 aliphatic rings. The lowest BCUT2D eigenvalue weighted by molar-refractivity contribution is -0.916. The number of rotatable bonds is 3. The summed E-state index contributed by atoms with van der Waals surface area (Å²) in [6.07, 6.45) is 2.80. The number of carbonyl (C=O) groups is 1. The van der Waals surface area contributed by atoms with E-state index in [-0.39, 0.29) is 11.1 Å². The van der Waals surface area contributed by atoms with Crippen LogP contribution in [0.25, 0.3) is 0 Å². The van der Waals surface area contributed by atoms with Gasteiger partial charge in [0.15, 0.2) is 18.1 Å². The summed E-state index contributed by atoms with van der Waals surface area (Å²) in [5, 5.41) is 2.96. The first-order valence-electron chi connectivity index (χ1n) is 3.48. The van der Waals surface area contributed by atoms with Gasteiger partial charge in [-0.1, -0.05) is 4.91 Å². The highest BCUT2D eigenvalue weighted by atomic mass is 16.3. The zero-order chi connectivity index (χ0) is 7.45. The van der Waals surface area contributed by atoms with E-state index >= 15 is 0 Å². The second-order valence-corrected chi connectivity index (χ2v) is 2.68. The van der Waals surface area contributed by atoms with Crippen molar-refractivity contribution in [3.05, 3.63) is 4.91 Å². The van der Waals surface area contributed by atoms with Gasteiger partial charge in [0.25, 0.3) is 0 Å². The normalized spacial score (nSPS) is 22.4. The SMILES string of the molecule is O=CC[N+]1(N=O)CCCC1. The minimum Gasteiger partial charge on any atom is -0.297 e. The molecule has 0 saturated carbocycles. The van der Waals surface area contributed by atoms with E-state index in [9.17, 15) is 9.70 Å². The topological polar surface area (TPSA) is 46.5 Å². The number of hydrogen-bond donors (Lipinski definition) is 0. The van der Waals surface area contributed by atoms with E-state index in [1.165, 1.54) is 0 Å². The zero-order valence-electron chi connectivity index (χ0n) is 5.82. The Labute approximate surface area is 59.4 Å². The molecule has 0 aromatic carbocycles. The van der Waals surface area contributed by atoms with E-state index in [4.69, 9.17) is 0 Å². The molecular formula is C6H11N2O2+. The van der Waals surface area contributed by atoms with Crippen molar-refractivity contribution < 1.29 is 9.39 Å². The van der Waals surface area contributed by atoms with E-state index < -0.39 is 0 Å². The largest absolute Gasteiger partial charge is 0.297 e. The van der Waals surface area contributed by atoms with Crippen LogP contribution in [0.5, 0.6) is 0 Å². The van der Waals surface area contributed by atoms with Crippen LogP contribution in [-0.2, 0) is 4.79 Å². The molecule has 1 aliphatic heterocycles. The number of carbonyl (C=O) groups excluding carboxylic acids is 1. The molecule has 0 aromatic rings. The first-order valence-corrected chi connectivity index (χ1v) is 3.48. The molecule has 0 unspecified atom stereocenters. The monoisotopic (exact) mass is 143 g/mol. The molecule has 0 spiro atoms. The molecule has 4 nitrogen and oxygen atoms in total. The third-order valence-electron chi connectivity index (χ3n) is 1.99. The maximum absolute atomic E-state index is 10.3. The van der Waals surface area contributed by atoms with Gasteiger partial charge in [-0.2, -0.15) is 4.59 Å². The molecular weight excluding hydrogens is 132 g/mol. The smallest absolute Gasteiger partial charge is 0.176 e. The molecule has 0 amide bonds. The predicted molar refractivity (Wildman–Crippen MR) is 36.0 cm³/mol. The van der Waals surface area contributed by atoms with Crippen LogP contribution in [0.3, 0.4) is 0 Å². The fourth-order valence-corrected chi connectivity index (χ4v) is 1.36. The maximum atomic E-state index is 10.3. The van der Waals surface area contributed by atoms with Crippen molar-refractivity contribution >= 4 is 6.29 Å². The van der Waals surface area contributed by atoms with Gasteiger partial charge in [0.05, 0.1) is 0 Å². The summed E-state index contributed by atoms with van der Waals surface area (Å²) in [7, 11) is 0. The van der Waals surface area contributed by atoms with E-state index in [0.29, 0.717) is 0 Å². The van der Waals surface area contributed by atoms with Crippen molar-refractivity contribution in [3.63, 3.8) is 0 Å². The molecule has 0 radical (unpaired) electrons. The number of hydrogen-bond acceptors (Lipinski definition) is 3.